The van der Waals surface area contributed by atoms with Gasteiger partial charge in [0, 0.05) is 17.7 Å². The first-order chi connectivity index (χ1) is 14.8. The van der Waals surface area contributed by atoms with Crippen molar-refractivity contribution in [2.24, 2.45) is 0 Å². The smallest absolute Gasteiger partial charge is 0.322 e. The molecule has 7 nitrogen and oxygen atoms in total. The quantitative estimate of drug-likeness (QED) is 0.632. The molecular formula is C23H32N2O5S. The Balaban J connectivity index is 1.18. The van der Waals surface area contributed by atoms with Crippen LogP contribution < -0.4 is 10.1 Å². The Bertz CT molecular complexity index is 815. The Morgan fingerprint density at radius 3 is 2.65 bits per heavy atom. The molecule has 170 valence electrons. The number of carbonyl (C=O) groups is 2. The molecule has 0 spiro atoms. The van der Waals surface area contributed by atoms with Gasteiger partial charge in [-0.25, -0.2) is 0 Å². The number of carboxylic acid groups (broad SMARTS) is 1. The second-order valence-electron chi connectivity index (χ2n) is 9.27. The van der Waals surface area contributed by atoms with E-state index >= 15 is 0 Å². The molecule has 1 amide bonds. The maximum atomic E-state index is 12.5. The summed E-state index contributed by atoms with van der Waals surface area (Å²) in [5.74, 6) is 0.101. The number of fused-ring (bicyclic) bond motifs is 1. The number of ether oxygens (including phenoxy) is 2. The van der Waals surface area contributed by atoms with Crippen LogP contribution in [-0.2, 0) is 20.7 Å². The maximum absolute atomic E-state index is 12.5. The Labute approximate surface area is 187 Å². The molecule has 3 aliphatic heterocycles. The zero-order chi connectivity index (χ0) is 22.2. The normalized spacial score (nSPS) is 31.6. The van der Waals surface area contributed by atoms with Gasteiger partial charge in [0.15, 0.2) is 0 Å². The van der Waals surface area contributed by atoms with Crippen molar-refractivity contribution in [3.05, 3.63) is 29.8 Å². The monoisotopic (exact) mass is 448 g/mol. The molecule has 3 heterocycles. The molecule has 2 N–H and O–H groups in total. The van der Waals surface area contributed by atoms with Gasteiger partial charge in [-0.1, -0.05) is 12.1 Å². The minimum absolute atomic E-state index is 0.0217. The van der Waals surface area contributed by atoms with Gasteiger partial charge in [0.2, 0.25) is 5.91 Å². The van der Waals surface area contributed by atoms with Crippen LogP contribution in [-0.4, -0.2) is 69.9 Å². The van der Waals surface area contributed by atoms with Crippen molar-refractivity contribution in [1.82, 2.24) is 10.2 Å². The highest BCUT2D eigenvalue weighted by Gasteiger charge is 2.59. The highest BCUT2D eigenvalue weighted by atomic mass is 32.2. The molecular weight excluding hydrogens is 416 g/mol. The van der Waals surface area contributed by atoms with E-state index in [1.165, 1.54) is 5.56 Å². The molecule has 1 aromatic rings. The molecule has 5 atom stereocenters. The van der Waals surface area contributed by atoms with E-state index < -0.39 is 12.0 Å². The number of methoxy groups -OCH3 is 1. The van der Waals surface area contributed by atoms with Crippen LogP contribution in [0.3, 0.4) is 0 Å². The van der Waals surface area contributed by atoms with E-state index in [4.69, 9.17) is 9.47 Å². The fourth-order valence-corrected chi connectivity index (χ4v) is 6.63. The number of carboxylic acids is 1. The molecule has 4 rings (SSSR count). The third-order valence-electron chi connectivity index (χ3n) is 6.58. The largest absolute Gasteiger partial charge is 0.497 e. The minimum Gasteiger partial charge on any atom is -0.497 e. The van der Waals surface area contributed by atoms with E-state index in [1.54, 1.807) is 18.9 Å². The summed E-state index contributed by atoms with van der Waals surface area (Å²) in [7, 11) is 1.66. The molecule has 0 aliphatic carbocycles. The summed E-state index contributed by atoms with van der Waals surface area (Å²) in [6.07, 6.45) is 4.37. The summed E-state index contributed by atoms with van der Waals surface area (Å²) in [4.78, 5) is 26.1. The van der Waals surface area contributed by atoms with Gasteiger partial charge in [-0.15, -0.1) is 11.8 Å². The zero-order valence-corrected chi connectivity index (χ0v) is 19.2. The van der Waals surface area contributed by atoms with Crippen LogP contribution in [0.4, 0.5) is 0 Å². The van der Waals surface area contributed by atoms with Crippen molar-refractivity contribution in [2.45, 2.75) is 80.4 Å². The predicted octanol–water partition coefficient (Wildman–Crippen LogP) is 2.67. The number of hydrogen-bond donors (Lipinski definition) is 2. The van der Waals surface area contributed by atoms with E-state index in [1.807, 2.05) is 30.9 Å². The average Bonchev–Trinajstić information content (AvgIpc) is 3.25. The Hall–Kier alpha value is -1.77. The summed E-state index contributed by atoms with van der Waals surface area (Å²) in [5, 5.41) is 12.7. The first kappa shape index (κ1) is 22.4. The number of thioether (sulfide) groups is 1. The number of nitrogens with zero attached hydrogens (tertiary/aromatic N) is 1. The standard InChI is InChI=1S/C23H32N2O5S/c1-23(2)20(22(27)28)25-13-18(21(25)31-23)24-19(26)11-10-16-8-9-17(30-16)12-14-4-6-15(29-3)7-5-14/h4-7,16-18,20-21H,8-13H2,1-3H3,(H,24,26)(H,27,28)/t16-,17-,18+,20+,21+/m0/s1. The summed E-state index contributed by atoms with van der Waals surface area (Å²) in [6.45, 7) is 4.54. The second-order valence-corrected chi connectivity index (χ2v) is 11.0. The zero-order valence-electron chi connectivity index (χ0n) is 18.4. The van der Waals surface area contributed by atoms with Gasteiger partial charge in [-0.2, -0.15) is 0 Å². The van der Waals surface area contributed by atoms with Gasteiger partial charge >= 0.3 is 5.97 Å². The van der Waals surface area contributed by atoms with Gasteiger partial charge in [-0.05, 0) is 57.2 Å². The van der Waals surface area contributed by atoms with E-state index in [-0.39, 0.29) is 34.3 Å². The van der Waals surface area contributed by atoms with Gasteiger partial charge in [0.1, 0.15) is 11.8 Å². The first-order valence-corrected chi connectivity index (χ1v) is 11.9. The molecule has 0 unspecified atom stereocenters. The van der Waals surface area contributed by atoms with E-state index in [9.17, 15) is 14.7 Å². The molecule has 8 heteroatoms. The summed E-state index contributed by atoms with van der Waals surface area (Å²) in [6, 6.07) is 7.61. The van der Waals surface area contributed by atoms with Gasteiger partial charge < -0.3 is 19.9 Å². The number of amides is 1. The van der Waals surface area contributed by atoms with Crippen molar-refractivity contribution in [2.75, 3.05) is 13.7 Å². The SMILES string of the molecule is COc1ccc(C[C@@H]2CC[C@@H](CCC(=O)N[C@@H]3CN4[C@@H]3SC(C)(C)[C@H]4C(=O)O)O2)cc1. The molecule has 3 saturated heterocycles. The molecule has 0 bridgehead atoms. The first-order valence-electron chi connectivity index (χ1n) is 11.0. The molecule has 0 radical (unpaired) electrons. The number of nitrogens with one attached hydrogen (secondary N) is 1. The molecule has 1 aromatic carbocycles. The average molecular weight is 449 g/mol. The number of hydrogen-bond acceptors (Lipinski definition) is 6. The lowest BCUT2D eigenvalue weighted by atomic mass is 9.96. The number of rotatable bonds is 8. The Kier molecular flexibility index (Phi) is 6.51. The minimum atomic E-state index is -0.785. The lowest BCUT2D eigenvalue weighted by molar-refractivity contribution is -0.146. The second kappa shape index (κ2) is 9.00. The fraction of sp³-hybridized carbons (Fsp3) is 0.652. The third-order valence-corrected chi connectivity index (χ3v) is 8.26. The van der Waals surface area contributed by atoms with Crippen LogP contribution >= 0.6 is 11.8 Å². The molecule has 0 aromatic heterocycles. The maximum Gasteiger partial charge on any atom is 0.322 e. The van der Waals surface area contributed by atoms with E-state index in [0.29, 0.717) is 13.0 Å². The highest BCUT2D eigenvalue weighted by Crippen LogP contribution is 2.50. The Morgan fingerprint density at radius 2 is 1.97 bits per heavy atom. The third kappa shape index (κ3) is 4.86. The fourth-order valence-electron chi connectivity index (χ4n) is 4.99. The summed E-state index contributed by atoms with van der Waals surface area (Å²) < 4.78 is 11.0. The topological polar surface area (TPSA) is 88.1 Å². The van der Waals surface area contributed by atoms with Crippen LogP contribution in [0.1, 0.15) is 45.1 Å². The van der Waals surface area contributed by atoms with Gasteiger partial charge in [0.25, 0.3) is 0 Å². The van der Waals surface area contributed by atoms with E-state index in [2.05, 4.69) is 17.4 Å². The molecule has 3 aliphatic rings. The van der Waals surface area contributed by atoms with Crippen molar-refractivity contribution in [1.29, 1.82) is 0 Å². The van der Waals surface area contributed by atoms with Crippen LogP contribution in [0.5, 0.6) is 5.75 Å². The van der Waals surface area contributed by atoms with Crippen LogP contribution in [0.15, 0.2) is 24.3 Å². The summed E-state index contributed by atoms with van der Waals surface area (Å²) in [5.41, 5.74) is 1.23. The van der Waals surface area contributed by atoms with Crippen LogP contribution in [0, 0.1) is 0 Å². The van der Waals surface area contributed by atoms with Crippen molar-refractivity contribution >= 4 is 23.6 Å². The van der Waals surface area contributed by atoms with Crippen LogP contribution in [0.2, 0.25) is 0 Å². The molecule has 31 heavy (non-hydrogen) atoms. The van der Waals surface area contributed by atoms with Crippen molar-refractivity contribution < 1.29 is 24.2 Å². The Morgan fingerprint density at radius 1 is 1.26 bits per heavy atom. The van der Waals surface area contributed by atoms with E-state index in [0.717, 1.165) is 31.4 Å². The highest BCUT2D eigenvalue weighted by molar-refractivity contribution is 8.01. The van der Waals surface area contributed by atoms with Gasteiger partial charge in [-0.3, -0.25) is 14.5 Å². The number of aliphatic carboxylic acids is 1. The van der Waals surface area contributed by atoms with Crippen molar-refractivity contribution in [3.8, 4) is 5.75 Å². The van der Waals surface area contributed by atoms with Crippen LogP contribution in [0.25, 0.3) is 0 Å². The lowest BCUT2D eigenvalue weighted by Gasteiger charge is -2.44. The predicted molar refractivity (Wildman–Crippen MR) is 119 cm³/mol. The lowest BCUT2D eigenvalue weighted by Crippen LogP contribution is -2.66. The molecule has 0 saturated carbocycles. The van der Waals surface area contributed by atoms with Gasteiger partial charge in [0.05, 0.1) is 30.7 Å². The number of benzene rings is 1. The summed E-state index contributed by atoms with van der Waals surface area (Å²) >= 11 is 1.65. The molecule has 3 fully saturated rings. The van der Waals surface area contributed by atoms with Crippen molar-refractivity contribution in [3.63, 3.8) is 0 Å². The number of carbonyl (C=O) groups excluding carboxylic acids is 1.